The highest BCUT2D eigenvalue weighted by molar-refractivity contribution is 6.12. The average Bonchev–Trinajstić information content (AvgIpc) is 3.32. The topological polar surface area (TPSA) is 71.3 Å². The molecule has 1 N–H and O–H groups in total. The van der Waals surface area contributed by atoms with E-state index in [1.165, 1.54) is 12.8 Å². The third-order valence-electron chi connectivity index (χ3n) is 5.33. The zero-order chi connectivity index (χ0) is 19.7. The normalized spacial score (nSPS) is 14.9. The van der Waals surface area contributed by atoms with E-state index in [4.69, 9.17) is 4.52 Å². The standard InChI is InChI=1S/C22H26N4O2/c1-14(2)19-12-17(20-15(3)25-28-22(20)24-19)21(27)23-18-9-5-4-8-16(18)13-26-10-6-7-11-26/h4-5,8-9,12,14H,6-7,10-11,13H2,1-3H3,(H,23,27). The number of anilines is 1. The summed E-state index contributed by atoms with van der Waals surface area (Å²) >= 11 is 0. The maximum Gasteiger partial charge on any atom is 0.259 e. The van der Waals surface area contributed by atoms with Crippen LogP contribution >= 0.6 is 0 Å². The number of amides is 1. The quantitative estimate of drug-likeness (QED) is 0.708. The second-order valence-electron chi connectivity index (χ2n) is 7.79. The first-order chi connectivity index (χ1) is 13.5. The summed E-state index contributed by atoms with van der Waals surface area (Å²) in [6.07, 6.45) is 2.49. The predicted octanol–water partition coefficient (Wildman–Crippen LogP) is 4.50. The number of rotatable bonds is 5. The van der Waals surface area contributed by atoms with Gasteiger partial charge in [0.15, 0.2) is 0 Å². The number of likely N-dealkylation sites (tertiary alicyclic amines) is 1. The zero-order valence-corrected chi connectivity index (χ0v) is 16.7. The van der Waals surface area contributed by atoms with Gasteiger partial charge in [-0.25, -0.2) is 4.98 Å². The fourth-order valence-electron chi connectivity index (χ4n) is 3.74. The Kier molecular flexibility index (Phi) is 5.13. The van der Waals surface area contributed by atoms with Crippen molar-refractivity contribution in [3.63, 3.8) is 0 Å². The van der Waals surface area contributed by atoms with Crippen LogP contribution in [0.1, 0.15) is 59.9 Å². The van der Waals surface area contributed by atoms with Gasteiger partial charge in [-0.2, -0.15) is 0 Å². The van der Waals surface area contributed by atoms with Gasteiger partial charge in [0.25, 0.3) is 11.6 Å². The molecule has 0 unspecified atom stereocenters. The second-order valence-corrected chi connectivity index (χ2v) is 7.79. The third-order valence-corrected chi connectivity index (χ3v) is 5.33. The number of aromatic nitrogens is 2. The molecular weight excluding hydrogens is 352 g/mol. The Morgan fingerprint density at radius 3 is 2.75 bits per heavy atom. The Hall–Kier alpha value is -2.73. The van der Waals surface area contributed by atoms with E-state index in [-0.39, 0.29) is 11.8 Å². The van der Waals surface area contributed by atoms with Crippen LogP contribution in [0.25, 0.3) is 11.1 Å². The molecule has 0 saturated carbocycles. The Labute approximate surface area is 164 Å². The summed E-state index contributed by atoms with van der Waals surface area (Å²) in [4.78, 5) is 20.2. The van der Waals surface area contributed by atoms with Gasteiger partial charge in [0.2, 0.25) is 0 Å². The number of hydrogen-bond acceptors (Lipinski definition) is 5. The molecule has 1 aromatic carbocycles. The summed E-state index contributed by atoms with van der Waals surface area (Å²) in [7, 11) is 0. The first-order valence-electron chi connectivity index (χ1n) is 9.91. The summed E-state index contributed by atoms with van der Waals surface area (Å²) in [6.45, 7) is 9.01. The largest absolute Gasteiger partial charge is 0.336 e. The minimum atomic E-state index is -0.158. The van der Waals surface area contributed by atoms with Gasteiger partial charge in [0, 0.05) is 17.9 Å². The number of para-hydroxylation sites is 1. The molecule has 1 aliphatic heterocycles. The molecule has 146 valence electrons. The Morgan fingerprint density at radius 1 is 1.25 bits per heavy atom. The number of aryl methyl sites for hydroxylation is 1. The molecule has 0 atom stereocenters. The van der Waals surface area contributed by atoms with Gasteiger partial charge in [0.05, 0.1) is 16.6 Å². The fourth-order valence-corrected chi connectivity index (χ4v) is 3.74. The van der Waals surface area contributed by atoms with Gasteiger partial charge in [0.1, 0.15) is 0 Å². The lowest BCUT2D eigenvalue weighted by Crippen LogP contribution is -2.21. The summed E-state index contributed by atoms with van der Waals surface area (Å²) in [6, 6.07) is 9.88. The van der Waals surface area contributed by atoms with Crippen molar-refractivity contribution < 1.29 is 9.32 Å². The molecule has 1 amide bonds. The second kappa shape index (κ2) is 7.72. The lowest BCUT2D eigenvalue weighted by Gasteiger charge is -2.18. The predicted molar refractivity (Wildman–Crippen MR) is 110 cm³/mol. The molecular formula is C22H26N4O2. The highest BCUT2D eigenvalue weighted by Gasteiger charge is 2.21. The number of hydrogen-bond donors (Lipinski definition) is 1. The van der Waals surface area contributed by atoms with E-state index in [0.717, 1.165) is 36.6 Å². The van der Waals surface area contributed by atoms with Gasteiger partial charge in [-0.1, -0.05) is 37.2 Å². The maximum absolute atomic E-state index is 13.2. The number of pyridine rings is 1. The van der Waals surface area contributed by atoms with Gasteiger partial charge >= 0.3 is 0 Å². The summed E-state index contributed by atoms with van der Waals surface area (Å²) in [5.74, 6) is 0.0262. The van der Waals surface area contributed by atoms with Gasteiger partial charge in [-0.05, 0) is 56.5 Å². The Morgan fingerprint density at radius 2 is 2.00 bits per heavy atom. The van der Waals surface area contributed by atoms with Crippen molar-refractivity contribution in [1.82, 2.24) is 15.0 Å². The molecule has 0 radical (unpaired) electrons. The van der Waals surface area contributed by atoms with Gasteiger partial charge < -0.3 is 9.84 Å². The SMILES string of the molecule is Cc1noc2nc(C(C)C)cc(C(=O)Nc3ccccc3CN3CCCC3)c12. The first kappa shape index (κ1) is 18.6. The summed E-state index contributed by atoms with van der Waals surface area (Å²) in [5.41, 5.74) is 4.45. The molecule has 1 fully saturated rings. The molecule has 28 heavy (non-hydrogen) atoms. The highest BCUT2D eigenvalue weighted by Crippen LogP contribution is 2.27. The van der Waals surface area contributed by atoms with Crippen LogP contribution in [0.2, 0.25) is 0 Å². The molecule has 0 bridgehead atoms. The van der Waals surface area contributed by atoms with E-state index in [1.807, 2.05) is 45.0 Å². The van der Waals surface area contributed by atoms with Gasteiger partial charge in [-0.3, -0.25) is 9.69 Å². The monoisotopic (exact) mass is 378 g/mol. The van der Waals surface area contributed by atoms with E-state index in [0.29, 0.717) is 22.4 Å². The number of fused-ring (bicyclic) bond motifs is 1. The van der Waals surface area contributed by atoms with E-state index < -0.39 is 0 Å². The van der Waals surface area contributed by atoms with Crippen molar-refractivity contribution in [2.24, 2.45) is 0 Å². The number of benzene rings is 1. The number of carbonyl (C=O) groups is 1. The molecule has 3 heterocycles. The molecule has 2 aromatic heterocycles. The Bertz CT molecular complexity index is 1000. The van der Waals surface area contributed by atoms with E-state index in [1.54, 1.807) is 0 Å². The van der Waals surface area contributed by atoms with Crippen molar-refractivity contribution >= 4 is 22.7 Å². The molecule has 0 aliphatic carbocycles. The number of nitrogens with zero attached hydrogens (tertiary/aromatic N) is 3. The van der Waals surface area contributed by atoms with Crippen molar-refractivity contribution in [1.29, 1.82) is 0 Å². The number of carbonyl (C=O) groups excluding carboxylic acids is 1. The summed E-state index contributed by atoms with van der Waals surface area (Å²) < 4.78 is 5.35. The molecule has 4 rings (SSSR count). The van der Waals surface area contributed by atoms with Crippen LogP contribution < -0.4 is 5.32 Å². The maximum atomic E-state index is 13.2. The van der Waals surface area contributed by atoms with Crippen molar-refractivity contribution in [2.75, 3.05) is 18.4 Å². The van der Waals surface area contributed by atoms with E-state index >= 15 is 0 Å². The van der Waals surface area contributed by atoms with Crippen LogP contribution in [-0.4, -0.2) is 34.0 Å². The fraction of sp³-hybridized carbons (Fsp3) is 0.409. The lowest BCUT2D eigenvalue weighted by molar-refractivity contribution is 0.102. The van der Waals surface area contributed by atoms with E-state index in [9.17, 15) is 4.79 Å². The first-order valence-corrected chi connectivity index (χ1v) is 9.91. The van der Waals surface area contributed by atoms with Crippen LogP contribution in [0, 0.1) is 6.92 Å². The highest BCUT2D eigenvalue weighted by atomic mass is 16.5. The molecule has 1 aliphatic rings. The average molecular weight is 378 g/mol. The van der Waals surface area contributed by atoms with E-state index in [2.05, 4.69) is 26.4 Å². The lowest BCUT2D eigenvalue weighted by atomic mass is 10.0. The van der Waals surface area contributed by atoms with Crippen molar-refractivity contribution in [2.45, 2.75) is 46.1 Å². The molecule has 6 heteroatoms. The van der Waals surface area contributed by atoms with Gasteiger partial charge in [-0.15, -0.1) is 0 Å². The molecule has 6 nitrogen and oxygen atoms in total. The van der Waals surface area contributed by atoms with Crippen LogP contribution in [0.15, 0.2) is 34.9 Å². The molecule has 3 aromatic rings. The molecule has 0 spiro atoms. The zero-order valence-electron chi connectivity index (χ0n) is 16.7. The Balaban J connectivity index is 1.67. The third kappa shape index (κ3) is 3.64. The van der Waals surface area contributed by atoms with Crippen LogP contribution in [0.3, 0.4) is 0 Å². The van der Waals surface area contributed by atoms with Crippen LogP contribution in [0.4, 0.5) is 5.69 Å². The summed E-state index contributed by atoms with van der Waals surface area (Å²) in [5, 5.41) is 7.80. The molecule has 1 saturated heterocycles. The van der Waals surface area contributed by atoms with Crippen LogP contribution in [-0.2, 0) is 6.54 Å². The van der Waals surface area contributed by atoms with Crippen LogP contribution in [0.5, 0.6) is 0 Å². The van der Waals surface area contributed by atoms with Crippen molar-refractivity contribution in [3.8, 4) is 0 Å². The smallest absolute Gasteiger partial charge is 0.259 e. The number of nitrogens with one attached hydrogen (secondary N) is 1. The minimum absolute atomic E-state index is 0.158. The minimum Gasteiger partial charge on any atom is -0.336 e. The van der Waals surface area contributed by atoms with Crippen molar-refractivity contribution in [3.05, 3.63) is 52.8 Å².